The molecule has 1 rings (SSSR count). The second-order valence-corrected chi connectivity index (χ2v) is 2.41. The van der Waals surface area contributed by atoms with Crippen molar-refractivity contribution in [3.63, 3.8) is 0 Å². The highest BCUT2D eigenvalue weighted by molar-refractivity contribution is 7.17. The van der Waals surface area contributed by atoms with Crippen LogP contribution in [-0.2, 0) is 0 Å². The number of rotatable bonds is 1. The second kappa shape index (κ2) is 2.02. The SMILES string of the molecule is Nc1ncc(C(=O)[O-])s1. The zero-order valence-electron chi connectivity index (χ0n) is 4.33. The first kappa shape index (κ1) is 6.03. The highest BCUT2D eigenvalue weighted by atomic mass is 32.1. The van der Waals surface area contributed by atoms with Crippen molar-refractivity contribution in [2.24, 2.45) is 0 Å². The van der Waals surface area contributed by atoms with Gasteiger partial charge in [0.15, 0.2) is 5.13 Å². The topological polar surface area (TPSA) is 79.0 Å². The van der Waals surface area contributed by atoms with E-state index in [0.717, 1.165) is 11.3 Å². The lowest BCUT2D eigenvalue weighted by Gasteiger charge is -1.90. The zero-order chi connectivity index (χ0) is 6.85. The Morgan fingerprint density at radius 3 is 2.78 bits per heavy atom. The number of carboxylic acid groups (broad SMARTS) is 1. The Balaban J connectivity index is 2.98. The summed E-state index contributed by atoms with van der Waals surface area (Å²) in [6.07, 6.45) is 1.18. The van der Waals surface area contributed by atoms with Gasteiger partial charge in [0.2, 0.25) is 0 Å². The summed E-state index contributed by atoms with van der Waals surface area (Å²) in [7, 11) is 0. The largest absolute Gasteiger partial charge is 0.544 e. The van der Waals surface area contributed by atoms with Crippen molar-refractivity contribution in [1.29, 1.82) is 0 Å². The predicted molar refractivity (Wildman–Crippen MR) is 30.9 cm³/mol. The quantitative estimate of drug-likeness (QED) is 0.552. The number of aromatic carboxylic acids is 1. The number of nitrogen functional groups attached to an aromatic ring is 1. The minimum Gasteiger partial charge on any atom is -0.544 e. The van der Waals surface area contributed by atoms with Crippen LogP contribution in [0, 0.1) is 0 Å². The first-order chi connectivity index (χ1) is 4.20. The number of aromatic nitrogens is 1. The fourth-order valence-electron chi connectivity index (χ4n) is 0.382. The molecule has 0 radical (unpaired) electrons. The van der Waals surface area contributed by atoms with Gasteiger partial charge in [-0.3, -0.25) is 0 Å². The van der Waals surface area contributed by atoms with Crippen molar-refractivity contribution in [3.8, 4) is 0 Å². The fraction of sp³-hybridized carbons (Fsp3) is 0. The van der Waals surface area contributed by atoms with E-state index in [9.17, 15) is 9.90 Å². The van der Waals surface area contributed by atoms with E-state index in [4.69, 9.17) is 5.73 Å². The van der Waals surface area contributed by atoms with Crippen LogP contribution in [0.4, 0.5) is 5.13 Å². The molecule has 1 heterocycles. The predicted octanol–water partition coefficient (Wildman–Crippen LogP) is -0.911. The molecule has 1 aromatic heterocycles. The lowest BCUT2D eigenvalue weighted by Crippen LogP contribution is -2.20. The normalized spacial score (nSPS) is 9.33. The van der Waals surface area contributed by atoms with Crippen LogP contribution in [0.15, 0.2) is 6.20 Å². The van der Waals surface area contributed by atoms with Gasteiger partial charge in [-0.05, 0) is 0 Å². The van der Waals surface area contributed by atoms with Gasteiger partial charge in [0.25, 0.3) is 0 Å². The Morgan fingerprint density at radius 1 is 1.89 bits per heavy atom. The van der Waals surface area contributed by atoms with Crippen molar-refractivity contribution in [3.05, 3.63) is 11.1 Å². The number of carbonyl (C=O) groups is 1. The smallest absolute Gasteiger partial charge is 0.180 e. The van der Waals surface area contributed by atoms with Gasteiger partial charge in [0.1, 0.15) is 0 Å². The zero-order valence-corrected chi connectivity index (χ0v) is 5.14. The summed E-state index contributed by atoms with van der Waals surface area (Å²) in [5.74, 6) is -1.23. The molecule has 0 amide bonds. The third-order valence-electron chi connectivity index (χ3n) is 0.725. The number of nitrogens with zero attached hydrogens (tertiary/aromatic N) is 1. The maximum absolute atomic E-state index is 10.0. The molecule has 0 aliphatic heterocycles. The van der Waals surface area contributed by atoms with Gasteiger partial charge in [-0.2, -0.15) is 0 Å². The number of nitrogens with two attached hydrogens (primary N) is 1. The highest BCUT2D eigenvalue weighted by Crippen LogP contribution is 2.12. The van der Waals surface area contributed by atoms with Crippen LogP contribution in [0.5, 0.6) is 0 Å². The third-order valence-corrected chi connectivity index (χ3v) is 1.53. The van der Waals surface area contributed by atoms with E-state index >= 15 is 0 Å². The Morgan fingerprint density at radius 2 is 2.56 bits per heavy atom. The molecule has 4 nitrogen and oxygen atoms in total. The average Bonchev–Trinajstić information content (AvgIpc) is 2.14. The number of carboxylic acids is 1. The summed E-state index contributed by atoms with van der Waals surface area (Å²) >= 11 is 0.900. The van der Waals surface area contributed by atoms with Crippen molar-refractivity contribution in [1.82, 2.24) is 4.98 Å². The van der Waals surface area contributed by atoms with Crippen LogP contribution in [0.1, 0.15) is 9.67 Å². The van der Waals surface area contributed by atoms with Crippen LogP contribution < -0.4 is 10.8 Å². The van der Waals surface area contributed by atoms with Crippen molar-refractivity contribution in [2.75, 3.05) is 5.73 Å². The maximum Gasteiger partial charge on any atom is 0.180 e. The third kappa shape index (κ3) is 1.17. The molecule has 0 unspecified atom stereocenters. The monoisotopic (exact) mass is 143 g/mol. The molecular formula is C4H3N2O2S-. The summed E-state index contributed by atoms with van der Waals surface area (Å²) in [6, 6.07) is 0. The van der Waals surface area contributed by atoms with Crippen LogP contribution in [0.25, 0.3) is 0 Å². The van der Waals surface area contributed by atoms with Gasteiger partial charge in [-0.15, -0.1) is 0 Å². The lowest BCUT2D eigenvalue weighted by molar-refractivity contribution is -0.254. The van der Waals surface area contributed by atoms with Gasteiger partial charge in [0.05, 0.1) is 10.8 Å². The first-order valence-electron chi connectivity index (χ1n) is 2.13. The summed E-state index contributed by atoms with van der Waals surface area (Å²) < 4.78 is 0. The Bertz CT molecular complexity index is 232. The highest BCUT2D eigenvalue weighted by Gasteiger charge is 1.96. The van der Waals surface area contributed by atoms with E-state index in [1.54, 1.807) is 0 Å². The number of hydrogen-bond donors (Lipinski definition) is 1. The molecule has 0 aliphatic carbocycles. The van der Waals surface area contributed by atoms with E-state index in [1.807, 2.05) is 0 Å². The molecule has 0 bridgehead atoms. The van der Waals surface area contributed by atoms with E-state index in [2.05, 4.69) is 4.98 Å². The molecule has 0 saturated carbocycles. The van der Waals surface area contributed by atoms with Gasteiger partial charge >= 0.3 is 0 Å². The van der Waals surface area contributed by atoms with Crippen molar-refractivity contribution in [2.45, 2.75) is 0 Å². The van der Waals surface area contributed by atoms with Gasteiger partial charge < -0.3 is 15.6 Å². The molecule has 0 atom stereocenters. The second-order valence-electron chi connectivity index (χ2n) is 1.35. The van der Waals surface area contributed by atoms with Gasteiger partial charge in [0, 0.05) is 6.20 Å². The number of carbonyl (C=O) groups excluding carboxylic acids is 1. The minimum absolute atomic E-state index is 0.0625. The number of thiazole rings is 1. The van der Waals surface area contributed by atoms with Crippen molar-refractivity contribution < 1.29 is 9.90 Å². The molecule has 0 aromatic carbocycles. The molecule has 0 aliphatic rings. The Hall–Kier alpha value is -1.10. The van der Waals surface area contributed by atoms with E-state index < -0.39 is 5.97 Å². The Labute approximate surface area is 55.0 Å². The van der Waals surface area contributed by atoms with Gasteiger partial charge in [-0.25, -0.2) is 4.98 Å². The molecule has 5 heteroatoms. The summed E-state index contributed by atoms with van der Waals surface area (Å²) in [6.45, 7) is 0. The molecule has 0 spiro atoms. The van der Waals surface area contributed by atoms with Crippen LogP contribution in [0.3, 0.4) is 0 Å². The maximum atomic E-state index is 10.0. The first-order valence-corrected chi connectivity index (χ1v) is 2.94. The van der Waals surface area contributed by atoms with E-state index in [-0.39, 0.29) is 10.0 Å². The molecule has 48 valence electrons. The van der Waals surface area contributed by atoms with E-state index in [0.29, 0.717) is 0 Å². The van der Waals surface area contributed by atoms with Crippen LogP contribution in [-0.4, -0.2) is 11.0 Å². The van der Waals surface area contributed by atoms with Gasteiger partial charge in [-0.1, -0.05) is 11.3 Å². The molecule has 9 heavy (non-hydrogen) atoms. The molecule has 0 fully saturated rings. The summed E-state index contributed by atoms with van der Waals surface area (Å²) in [4.78, 5) is 13.6. The van der Waals surface area contributed by atoms with Crippen LogP contribution >= 0.6 is 11.3 Å². The molecular weight excluding hydrogens is 140 g/mol. The summed E-state index contributed by atoms with van der Waals surface area (Å²) in [5.41, 5.74) is 5.13. The minimum atomic E-state index is -1.23. The standard InChI is InChI=1S/C4H4N2O2S/c5-4-6-1-2(9-4)3(7)8/h1H,(H2,5,6)(H,7,8)/p-1. The molecule has 2 N–H and O–H groups in total. The summed E-state index contributed by atoms with van der Waals surface area (Å²) in [5, 5.41) is 10.3. The number of hydrogen-bond acceptors (Lipinski definition) is 5. The van der Waals surface area contributed by atoms with Crippen molar-refractivity contribution >= 4 is 22.4 Å². The number of anilines is 1. The molecule has 0 saturated heterocycles. The average molecular weight is 143 g/mol. The molecule has 1 aromatic rings. The fourth-order valence-corrected chi connectivity index (χ4v) is 0.901. The lowest BCUT2D eigenvalue weighted by atomic mass is 10.6. The van der Waals surface area contributed by atoms with Crippen LogP contribution in [0.2, 0.25) is 0 Å². The Kier molecular flexibility index (Phi) is 1.35. The van der Waals surface area contributed by atoms with E-state index in [1.165, 1.54) is 6.20 Å².